The molecular formula is C13H18O2. The fourth-order valence-electron chi connectivity index (χ4n) is 1.53. The Labute approximate surface area is 91.2 Å². The SMILES string of the molecule is CCCOc1ccc(CCC2CO2)cc1. The Balaban J connectivity index is 1.79. The van der Waals surface area contributed by atoms with Crippen molar-refractivity contribution in [1.29, 1.82) is 0 Å². The largest absolute Gasteiger partial charge is 0.494 e. The smallest absolute Gasteiger partial charge is 0.119 e. The van der Waals surface area contributed by atoms with Crippen LogP contribution >= 0.6 is 0 Å². The van der Waals surface area contributed by atoms with E-state index < -0.39 is 0 Å². The van der Waals surface area contributed by atoms with Gasteiger partial charge in [0.1, 0.15) is 5.75 Å². The van der Waals surface area contributed by atoms with Gasteiger partial charge in [-0.05, 0) is 37.0 Å². The molecule has 0 bridgehead atoms. The lowest BCUT2D eigenvalue weighted by molar-refractivity contribution is 0.317. The number of aryl methyl sites for hydroxylation is 1. The van der Waals surface area contributed by atoms with Crippen molar-refractivity contribution >= 4 is 0 Å². The topological polar surface area (TPSA) is 21.8 Å². The Morgan fingerprint density at radius 2 is 2.07 bits per heavy atom. The normalized spacial score (nSPS) is 18.9. The van der Waals surface area contributed by atoms with Crippen LogP contribution in [-0.2, 0) is 11.2 Å². The van der Waals surface area contributed by atoms with Crippen LogP contribution in [0, 0.1) is 0 Å². The summed E-state index contributed by atoms with van der Waals surface area (Å²) in [6.45, 7) is 3.87. The van der Waals surface area contributed by atoms with Gasteiger partial charge in [0.2, 0.25) is 0 Å². The highest BCUT2D eigenvalue weighted by Crippen LogP contribution is 2.18. The molecule has 1 fully saturated rings. The summed E-state index contributed by atoms with van der Waals surface area (Å²) in [7, 11) is 0. The van der Waals surface area contributed by atoms with Crippen LogP contribution in [-0.4, -0.2) is 19.3 Å². The zero-order valence-electron chi connectivity index (χ0n) is 9.24. The lowest BCUT2D eigenvalue weighted by Crippen LogP contribution is -1.95. The molecule has 15 heavy (non-hydrogen) atoms. The van der Waals surface area contributed by atoms with Gasteiger partial charge in [0, 0.05) is 0 Å². The van der Waals surface area contributed by atoms with E-state index in [0.29, 0.717) is 6.10 Å². The molecule has 1 aliphatic heterocycles. The standard InChI is InChI=1S/C13H18O2/c1-2-9-14-12-6-3-11(4-7-12)5-8-13-10-15-13/h3-4,6-7,13H,2,5,8-10H2,1H3. The number of benzene rings is 1. The third kappa shape index (κ3) is 3.56. The highest BCUT2D eigenvalue weighted by molar-refractivity contribution is 5.27. The van der Waals surface area contributed by atoms with Crippen LogP contribution in [0.2, 0.25) is 0 Å². The van der Waals surface area contributed by atoms with Crippen molar-refractivity contribution in [2.45, 2.75) is 32.3 Å². The molecule has 0 N–H and O–H groups in total. The lowest BCUT2D eigenvalue weighted by Gasteiger charge is -2.05. The molecule has 2 rings (SSSR count). The predicted molar refractivity (Wildman–Crippen MR) is 60.3 cm³/mol. The van der Waals surface area contributed by atoms with Gasteiger partial charge in [0.25, 0.3) is 0 Å². The Morgan fingerprint density at radius 1 is 1.33 bits per heavy atom. The molecule has 1 aromatic rings. The first-order valence-electron chi connectivity index (χ1n) is 5.72. The Bertz CT molecular complexity index is 288. The Morgan fingerprint density at radius 3 is 2.67 bits per heavy atom. The monoisotopic (exact) mass is 206 g/mol. The van der Waals surface area contributed by atoms with Gasteiger partial charge in [-0.15, -0.1) is 0 Å². The molecule has 0 radical (unpaired) electrons. The van der Waals surface area contributed by atoms with Gasteiger partial charge in [-0.1, -0.05) is 19.1 Å². The summed E-state index contributed by atoms with van der Waals surface area (Å²) in [6, 6.07) is 8.40. The zero-order valence-corrected chi connectivity index (χ0v) is 9.24. The van der Waals surface area contributed by atoms with E-state index in [1.165, 1.54) is 5.56 Å². The summed E-state index contributed by atoms with van der Waals surface area (Å²) < 4.78 is 10.7. The molecule has 0 spiro atoms. The summed E-state index contributed by atoms with van der Waals surface area (Å²) in [4.78, 5) is 0. The van der Waals surface area contributed by atoms with Gasteiger partial charge in [0.15, 0.2) is 0 Å². The fraction of sp³-hybridized carbons (Fsp3) is 0.538. The van der Waals surface area contributed by atoms with Gasteiger partial charge in [-0.2, -0.15) is 0 Å². The van der Waals surface area contributed by atoms with Gasteiger partial charge >= 0.3 is 0 Å². The predicted octanol–water partition coefficient (Wildman–Crippen LogP) is 2.81. The van der Waals surface area contributed by atoms with Crippen LogP contribution in [0.3, 0.4) is 0 Å². The fourth-order valence-corrected chi connectivity index (χ4v) is 1.53. The summed E-state index contributed by atoms with van der Waals surface area (Å²) in [6.07, 6.45) is 3.84. The second-order valence-corrected chi connectivity index (χ2v) is 3.99. The molecule has 0 aromatic heterocycles. The van der Waals surface area contributed by atoms with Gasteiger partial charge in [-0.3, -0.25) is 0 Å². The van der Waals surface area contributed by atoms with Crippen LogP contribution in [0.5, 0.6) is 5.75 Å². The van der Waals surface area contributed by atoms with Crippen molar-refractivity contribution < 1.29 is 9.47 Å². The maximum Gasteiger partial charge on any atom is 0.119 e. The first-order valence-corrected chi connectivity index (χ1v) is 5.72. The van der Waals surface area contributed by atoms with Crippen LogP contribution in [0.15, 0.2) is 24.3 Å². The molecule has 2 heteroatoms. The minimum atomic E-state index is 0.529. The molecule has 1 atom stereocenters. The van der Waals surface area contributed by atoms with E-state index in [1.54, 1.807) is 0 Å². The molecule has 2 nitrogen and oxygen atoms in total. The molecule has 0 saturated carbocycles. The van der Waals surface area contributed by atoms with Crippen molar-refractivity contribution in [1.82, 2.24) is 0 Å². The average molecular weight is 206 g/mol. The number of ether oxygens (including phenoxy) is 2. The van der Waals surface area contributed by atoms with E-state index >= 15 is 0 Å². The molecule has 82 valence electrons. The van der Waals surface area contributed by atoms with Crippen LogP contribution in [0.4, 0.5) is 0 Å². The number of epoxide rings is 1. The molecule has 1 saturated heterocycles. The maximum absolute atomic E-state index is 5.52. The molecule has 0 aliphatic carbocycles. The minimum absolute atomic E-state index is 0.529. The highest BCUT2D eigenvalue weighted by atomic mass is 16.6. The number of hydrogen-bond acceptors (Lipinski definition) is 2. The van der Waals surface area contributed by atoms with Crippen molar-refractivity contribution in [2.24, 2.45) is 0 Å². The Kier molecular flexibility index (Phi) is 3.62. The van der Waals surface area contributed by atoms with Crippen LogP contribution in [0.25, 0.3) is 0 Å². The van der Waals surface area contributed by atoms with Crippen molar-refractivity contribution in [2.75, 3.05) is 13.2 Å². The zero-order chi connectivity index (χ0) is 10.5. The van der Waals surface area contributed by atoms with E-state index in [4.69, 9.17) is 9.47 Å². The third-order valence-electron chi connectivity index (χ3n) is 2.55. The first kappa shape index (κ1) is 10.5. The molecular weight excluding hydrogens is 188 g/mol. The maximum atomic E-state index is 5.52. The molecule has 1 heterocycles. The first-order chi connectivity index (χ1) is 7.38. The highest BCUT2D eigenvalue weighted by Gasteiger charge is 2.21. The van der Waals surface area contributed by atoms with Crippen LogP contribution in [0.1, 0.15) is 25.3 Å². The summed E-state index contributed by atoms with van der Waals surface area (Å²) in [5.41, 5.74) is 1.37. The van der Waals surface area contributed by atoms with Gasteiger partial charge in [0.05, 0.1) is 19.3 Å². The van der Waals surface area contributed by atoms with Crippen molar-refractivity contribution in [3.63, 3.8) is 0 Å². The second-order valence-electron chi connectivity index (χ2n) is 3.99. The van der Waals surface area contributed by atoms with Gasteiger partial charge in [-0.25, -0.2) is 0 Å². The number of hydrogen-bond donors (Lipinski definition) is 0. The summed E-state index contributed by atoms with van der Waals surface area (Å²) in [5.74, 6) is 0.975. The summed E-state index contributed by atoms with van der Waals surface area (Å²) >= 11 is 0. The quantitative estimate of drug-likeness (QED) is 0.667. The number of rotatable bonds is 6. The second kappa shape index (κ2) is 5.17. The molecule has 1 aromatic carbocycles. The van der Waals surface area contributed by atoms with E-state index in [2.05, 4.69) is 31.2 Å². The Hall–Kier alpha value is -1.02. The molecule has 1 aliphatic rings. The van der Waals surface area contributed by atoms with Crippen LogP contribution < -0.4 is 4.74 Å². The molecule has 1 unspecified atom stereocenters. The van der Waals surface area contributed by atoms with Crippen molar-refractivity contribution in [3.05, 3.63) is 29.8 Å². The van der Waals surface area contributed by atoms with Crippen molar-refractivity contribution in [3.8, 4) is 5.75 Å². The lowest BCUT2D eigenvalue weighted by atomic mass is 10.1. The third-order valence-corrected chi connectivity index (χ3v) is 2.55. The molecule has 0 amide bonds. The van der Waals surface area contributed by atoms with E-state index in [0.717, 1.165) is 38.2 Å². The van der Waals surface area contributed by atoms with E-state index in [-0.39, 0.29) is 0 Å². The summed E-state index contributed by atoms with van der Waals surface area (Å²) in [5, 5.41) is 0. The van der Waals surface area contributed by atoms with Gasteiger partial charge < -0.3 is 9.47 Å². The average Bonchev–Trinajstić information content (AvgIpc) is 3.09. The minimum Gasteiger partial charge on any atom is -0.494 e. The van der Waals surface area contributed by atoms with E-state index in [1.807, 2.05) is 0 Å². The van der Waals surface area contributed by atoms with E-state index in [9.17, 15) is 0 Å².